The van der Waals surface area contributed by atoms with Crippen molar-refractivity contribution in [1.29, 1.82) is 0 Å². The summed E-state index contributed by atoms with van der Waals surface area (Å²) in [4.78, 5) is 18.5. The summed E-state index contributed by atoms with van der Waals surface area (Å²) in [7, 11) is -3.39. The van der Waals surface area contributed by atoms with E-state index < -0.39 is 13.7 Å². The van der Waals surface area contributed by atoms with Crippen LogP contribution in [-0.2, 0) is 0 Å². The third-order valence-corrected chi connectivity index (χ3v) is 4.19. The molecule has 1 aliphatic heterocycles. The molecule has 0 saturated heterocycles. The number of allylic oxidation sites excluding steroid dienone is 1. The first kappa shape index (κ1) is 17.9. The molecular formula is C18H17O7P. The summed E-state index contributed by atoms with van der Waals surface area (Å²) < 4.78 is 10.8. The van der Waals surface area contributed by atoms with Gasteiger partial charge in [0.2, 0.25) is 0 Å². The fourth-order valence-electron chi connectivity index (χ4n) is 2.42. The number of rotatable bonds is 4. The molecule has 8 heteroatoms. The van der Waals surface area contributed by atoms with Crippen molar-refractivity contribution in [2.75, 3.05) is 6.35 Å². The van der Waals surface area contributed by atoms with Crippen molar-refractivity contribution in [3.63, 3.8) is 0 Å². The summed E-state index contributed by atoms with van der Waals surface area (Å²) in [6.07, 6.45) is 2.74. The maximum atomic E-state index is 10.4. The lowest BCUT2D eigenvalue weighted by Gasteiger charge is -2.23. The van der Waals surface area contributed by atoms with E-state index in [1.54, 1.807) is 6.07 Å². The van der Waals surface area contributed by atoms with Crippen LogP contribution in [0.5, 0.6) is 23.0 Å². The highest BCUT2D eigenvalue weighted by Gasteiger charge is 2.25. The van der Waals surface area contributed by atoms with Gasteiger partial charge in [-0.2, -0.15) is 0 Å². The molecule has 0 radical (unpaired) electrons. The van der Waals surface area contributed by atoms with Gasteiger partial charge in [0, 0.05) is 22.8 Å². The summed E-state index contributed by atoms with van der Waals surface area (Å²) >= 11 is 0. The number of hydrogen-bond acceptors (Lipinski definition) is 7. The molecule has 2 aromatic carbocycles. The Morgan fingerprint density at radius 2 is 1.77 bits per heavy atom. The largest absolute Gasteiger partial charge is 0.508 e. The summed E-state index contributed by atoms with van der Waals surface area (Å²) in [5.41, 5.74) is 1.19. The number of benzene rings is 2. The second-order valence-corrected chi connectivity index (χ2v) is 7.79. The molecule has 0 spiro atoms. The zero-order valence-electron chi connectivity index (χ0n) is 13.6. The van der Waals surface area contributed by atoms with Gasteiger partial charge in [-0.25, -0.2) is 0 Å². The molecule has 0 unspecified atom stereocenters. The van der Waals surface area contributed by atoms with Gasteiger partial charge in [-0.15, -0.1) is 0 Å². The van der Waals surface area contributed by atoms with Crippen molar-refractivity contribution >= 4 is 25.0 Å². The van der Waals surface area contributed by atoms with Crippen LogP contribution in [0.1, 0.15) is 11.1 Å². The van der Waals surface area contributed by atoms with Gasteiger partial charge in [0.25, 0.3) is 0 Å². The lowest BCUT2D eigenvalue weighted by molar-refractivity contribution is 0.326. The van der Waals surface area contributed by atoms with Gasteiger partial charge in [-0.1, -0.05) is 6.58 Å². The van der Waals surface area contributed by atoms with Crippen molar-refractivity contribution in [3.8, 4) is 23.0 Å². The first-order chi connectivity index (χ1) is 12.2. The van der Waals surface area contributed by atoms with E-state index in [9.17, 15) is 25.1 Å². The molecule has 2 aromatic rings. The number of fused-ring (bicyclic) bond motifs is 1. The Kier molecular flexibility index (Phi) is 4.46. The first-order valence-corrected chi connectivity index (χ1v) is 9.50. The van der Waals surface area contributed by atoms with Crippen molar-refractivity contribution in [1.82, 2.24) is 0 Å². The Morgan fingerprint density at radius 1 is 1.04 bits per heavy atom. The highest BCUT2D eigenvalue weighted by atomic mass is 31.2. The van der Waals surface area contributed by atoms with Gasteiger partial charge in [-0.05, 0) is 36.6 Å². The Balaban J connectivity index is 1.94. The summed E-state index contributed by atoms with van der Waals surface area (Å²) in [6, 6.07) is 8.62. The molecule has 0 atom stereocenters. The maximum absolute atomic E-state index is 10.4. The molecule has 0 fully saturated rings. The zero-order valence-corrected chi connectivity index (χ0v) is 14.5. The zero-order chi connectivity index (χ0) is 19.1. The maximum Gasteiger partial charge on any atom is 0.177 e. The number of aliphatic hydroxyl groups excluding tert-OH is 1. The van der Waals surface area contributed by atoms with Crippen molar-refractivity contribution < 1.29 is 34.6 Å². The van der Waals surface area contributed by atoms with Crippen molar-refractivity contribution in [2.24, 2.45) is 0 Å². The SMILES string of the molecule is C=C1C(O)=C(c2ccc(OCP(=C)(O)O)c(O)c2)Oc2cc(O)ccc21. The van der Waals surface area contributed by atoms with E-state index in [-0.39, 0.29) is 28.8 Å². The minimum absolute atomic E-state index is 0.00289. The fraction of sp³-hybridized carbons (Fsp3) is 0.0556. The molecule has 7 nitrogen and oxygen atoms in total. The van der Waals surface area contributed by atoms with Gasteiger partial charge < -0.3 is 34.6 Å². The quantitative estimate of drug-likeness (QED) is 0.520. The highest BCUT2D eigenvalue weighted by Crippen LogP contribution is 2.43. The molecule has 0 bridgehead atoms. The molecule has 3 rings (SSSR count). The number of ether oxygens (including phenoxy) is 2. The molecule has 0 aliphatic carbocycles. The molecule has 0 saturated carbocycles. The topological polar surface area (TPSA) is 120 Å². The number of aromatic hydroxyl groups is 2. The van der Waals surface area contributed by atoms with Crippen LogP contribution in [0.2, 0.25) is 0 Å². The molecule has 0 aromatic heterocycles. The lowest BCUT2D eigenvalue weighted by atomic mass is 9.99. The van der Waals surface area contributed by atoms with Crippen LogP contribution >= 0.6 is 7.34 Å². The third kappa shape index (κ3) is 3.55. The van der Waals surface area contributed by atoms with Gasteiger partial charge in [0.15, 0.2) is 29.4 Å². The Bertz CT molecular complexity index is 972. The lowest BCUT2D eigenvalue weighted by Crippen LogP contribution is -2.08. The predicted molar refractivity (Wildman–Crippen MR) is 99.4 cm³/mol. The van der Waals surface area contributed by atoms with E-state index in [1.807, 2.05) is 0 Å². The molecular weight excluding hydrogens is 359 g/mol. The van der Waals surface area contributed by atoms with Gasteiger partial charge >= 0.3 is 0 Å². The van der Waals surface area contributed by atoms with Crippen LogP contribution in [0.25, 0.3) is 11.3 Å². The second kappa shape index (κ2) is 6.46. The monoisotopic (exact) mass is 376 g/mol. The summed E-state index contributed by atoms with van der Waals surface area (Å²) in [6.45, 7) is 3.82. The fourth-order valence-corrected chi connectivity index (χ4v) is 2.76. The Hall–Kier alpha value is -2.86. The highest BCUT2D eigenvalue weighted by molar-refractivity contribution is 7.62. The van der Waals surface area contributed by atoms with E-state index in [0.717, 1.165) is 0 Å². The third-order valence-electron chi connectivity index (χ3n) is 3.65. The number of hydrogen-bond donors (Lipinski definition) is 5. The van der Waals surface area contributed by atoms with Gasteiger partial charge in [0.1, 0.15) is 18.8 Å². The van der Waals surface area contributed by atoms with Crippen LogP contribution in [0.3, 0.4) is 0 Å². The van der Waals surface area contributed by atoms with Crippen LogP contribution < -0.4 is 9.47 Å². The second-order valence-electron chi connectivity index (χ2n) is 5.77. The number of phenolic OH excluding ortho intramolecular Hbond substituents is 2. The summed E-state index contributed by atoms with van der Waals surface area (Å²) in [5.74, 6) is -0.0977. The van der Waals surface area contributed by atoms with Crippen molar-refractivity contribution in [3.05, 3.63) is 59.9 Å². The van der Waals surface area contributed by atoms with E-state index in [1.165, 1.54) is 30.3 Å². The first-order valence-electron chi connectivity index (χ1n) is 7.43. The van der Waals surface area contributed by atoms with Crippen molar-refractivity contribution in [2.45, 2.75) is 0 Å². The Morgan fingerprint density at radius 3 is 2.42 bits per heavy atom. The average molecular weight is 376 g/mol. The van der Waals surface area contributed by atoms with E-state index in [0.29, 0.717) is 22.4 Å². The molecule has 1 aliphatic rings. The predicted octanol–water partition coefficient (Wildman–Crippen LogP) is 3.03. The minimum Gasteiger partial charge on any atom is -0.508 e. The molecule has 0 amide bonds. The normalized spacial score (nSPS) is 14.0. The van der Waals surface area contributed by atoms with Crippen LogP contribution in [0, 0.1) is 0 Å². The summed E-state index contributed by atoms with van der Waals surface area (Å²) in [5, 5.41) is 30.1. The molecule has 5 N–H and O–H groups in total. The number of phenols is 2. The van der Waals surface area contributed by atoms with Gasteiger partial charge in [-0.3, -0.25) is 0 Å². The van der Waals surface area contributed by atoms with Crippen LogP contribution in [0.15, 0.2) is 48.7 Å². The Labute approximate surface area is 149 Å². The average Bonchev–Trinajstić information content (AvgIpc) is 2.56. The van der Waals surface area contributed by atoms with E-state index in [2.05, 4.69) is 12.9 Å². The minimum atomic E-state index is -3.39. The van der Waals surface area contributed by atoms with Crippen LogP contribution in [-0.4, -0.2) is 37.8 Å². The smallest absolute Gasteiger partial charge is 0.177 e. The van der Waals surface area contributed by atoms with Gasteiger partial charge in [0.05, 0.1) is 0 Å². The number of aliphatic hydroxyl groups is 1. The van der Waals surface area contributed by atoms with E-state index in [4.69, 9.17) is 9.47 Å². The molecule has 1 heterocycles. The molecule has 136 valence electrons. The van der Waals surface area contributed by atoms with E-state index >= 15 is 0 Å². The van der Waals surface area contributed by atoms with Crippen LogP contribution in [0.4, 0.5) is 0 Å². The standard InChI is InChI=1S/C18H17O7P/c1-10-13-5-4-12(19)8-16(13)25-18(17(10)21)11-3-6-15(14(20)7-11)24-9-26(2,22)23/h3-8,19-23H,1-2,9H2. The molecule has 26 heavy (non-hydrogen) atoms.